The number of rotatable bonds is 6. The molecule has 3 rings (SSSR count). The van der Waals surface area contributed by atoms with Crippen LogP contribution in [0.5, 0.6) is 5.75 Å². The van der Waals surface area contributed by atoms with Crippen LogP contribution < -0.4 is 10.3 Å². The summed E-state index contributed by atoms with van der Waals surface area (Å²) in [7, 11) is 1.40. The van der Waals surface area contributed by atoms with Crippen LogP contribution in [0.25, 0.3) is 10.8 Å². The minimum atomic E-state index is -0.538. The zero-order valence-electron chi connectivity index (χ0n) is 13.1. The van der Waals surface area contributed by atoms with Gasteiger partial charge in [0.25, 0.3) is 5.56 Å². The molecule has 2 aromatic rings. The molecule has 1 aliphatic rings. The van der Waals surface area contributed by atoms with Gasteiger partial charge in [0.05, 0.1) is 31.8 Å². The Bertz CT molecular complexity index is 737. The summed E-state index contributed by atoms with van der Waals surface area (Å²) >= 11 is 0. The molecule has 0 spiro atoms. The topological polar surface area (TPSA) is 49.7 Å². The molecule has 1 aromatic carbocycles. The summed E-state index contributed by atoms with van der Waals surface area (Å²) in [5.74, 6) is -0.404. The number of methoxy groups -OCH3 is 1. The van der Waals surface area contributed by atoms with Gasteiger partial charge in [-0.3, -0.25) is 4.79 Å². The van der Waals surface area contributed by atoms with Gasteiger partial charge in [0.1, 0.15) is 0 Å². The number of nitrogens with zero attached hydrogens (tertiary/aromatic N) is 1. The van der Waals surface area contributed by atoms with Gasteiger partial charge in [0.2, 0.25) is 0 Å². The quantitative estimate of drug-likeness (QED) is 0.766. The molecule has 0 amide bonds. The van der Waals surface area contributed by atoms with Crippen molar-refractivity contribution >= 4 is 10.8 Å². The van der Waals surface area contributed by atoms with Crippen LogP contribution in [0.4, 0.5) is 4.39 Å². The molecule has 6 heteroatoms. The van der Waals surface area contributed by atoms with Crippen LogP contribution in [0.3, 0.4) is 0 Å². The molecule has 0 N–H and O–H groups in total. The van der Waals surface area contributed by atoms with Crippen molar-refractivity contribution in [2.75, 3.05) is 26.9 Å². The molecule has 5 nitrogen and oxygen atoms in total. The van der Waals surface area contributed by atoms with Crippen molar-refractivity contribution in [1.82, 2.24) is 4.57 Å². The van der Waals surface area contributed by atoms with Gasteiger partial charge in [0.15, 0.2) is 11.6 Å². The van der Waals surface area contributed by atoms with E-state index in [0.29, 0.717) is 30.5 Å². The fourth-order valence-electron chi connectivity index (χ4n) is 2.77. The lowest BCUT2D eigenvalue weighted by atomic mass is 10.1. The normalized spacial score (nSPS) is 17.7. The lowest BCUT2D eigenvalue weighted by Crippen LogP contribution is -2.23. The number of aromatic nitrogens is 1. The van der Waals surface area contributed by atoms with Crippen LogP contribution in [0.2, 0.25) is 0 Å². The van der Waals surface area contributed by atoms with E-state index in [1.54, 1.807) is 12.3 Å². The van der Waals surface area contributed by atoms with Crippen molar-refractivity contribution in [3.05, 3.63) is 40.6 Å². The number of hydrogen-bond acceptors (Lipinski definition) is 4. The summed E-state index contributed by atoms with van der Waals surface area (Å²) in [6.07, 6.45) is 3.96. The van der Waals surface area contributed by atoms with Crippen molar-refractivity contribution in [1.29, 1.82) is 0 Å². The zero-order chi connectivity index (χ0) is 16.2. The Morgan fingerprint density at radius 2 is 2.30 bits per heavy atom. The van der Waals surface area contributed by atoms with E-state index in [2.05, 4.69) is 0 Å². The highest BCUT2D eigenvalue weighted by atomic mass is 19.1. The largest absolute Gasteiger partial charge is 0.494 e. The molecule has 124 valence electrons. The second kappa shape index (κ2) is 7.10. The number of pyridine rings is 1. The molecule has 1 atom stereocenters. The molecule has 1 aromatic heterocycles. The lowest BCUT2D eigenvalue weighted by molar-refractivity contribution is 0.0147. The van der Waals surface area contributed by atoms with Crippen LogP contribution in [0, 0.1) is 5.82 Å². The van der Waals surface area contributed by atoms with E-state index in [1.807, 2.05) is 0 Å². The molecule has 23 heavy (non-hydrogen) atoms. The van der Waals surface area contributed by atoms with Crippen molar-refractivity contribution in [2.45, 2.75) is 25.5 Å². The first-order chi connectivity index (χ1) is 11.2. The maximum Gasteiger partial charge on any atom is 0.258 e. The van der Waals surface area contributed by atoms with E-state index in [1.165, 1.54) is 23.8 Å². The SMILES string of the molecule is COc1cc2ccn(CCOCC3CCCO3)c(=O)c2cc1F. The Morgan fingerprint density at radius 1 is 1.43 bits per heavy atom. The summed E-state index contributed by atoms with van der Waals surface area (Å²) in [6, 6.07) is 4.53. The molecule has 0 radical (unpaired) electrons. The van der Waals surface area contributed by atoms with Gasteiger partial charge in [-0.05, 0) is 36.4 Å². The summed E-state index contributed by atoms with van der Waals surface area (Å²) in [5.41, 5.74) is -0.232. The Balaban J connectivity index is 1.69. The second-order valence-corrected chi connectivity index (χ2v) is 5.60. The summed E-state index contributed by atoms with van der Waals surface area (Å²) in [6.45, 7) is 2.19. The van der Waals surface area contributed by atoms with Crippen molar-refractivity contribution in [3.63, 3.8) is 0 Å². The van der Waals surface area contributed by atoms with E-state index in [0.717, 1.165) is 19.4 Å². The standard InChI is InChI=1S/C17H20FNO4/c1-21-16-9-12-4-5-19(17(20)14(12)10-15(16)18)6-8-22-11-13-3-2-7-23-13/h4-5,9-10,13H,2-3,6-8,11H2,1H3. The van der Waals surface area contributed by atoms with Crippen LogP contribution in [-0.4, -0.2) is 37.6 Å². The highest BCUT2D eigenvalue weighted by Gasteiger charge is 2.15. The van der Waals surface area contributed by atoms with Gasteiger partial charge in [-0.2, -0.15) is 0 Å². The van der Waals surface area contributed by atoms with Crippen LogP contribution in [-0.2, 0) is 16.0 Å². The van der Waals surface area contributed by atoms with Crippen LogP contribution >= 0.6 is 0 Å². The molecular weight excluding hydrogens is 301 g/mol. The van der Waals surface area contributed by atoms with Crippen LogP contribution in [0.1, 0.15) is 12.8 Å². The molecule has 0 saturated carbocycles. The first-order valence-corrected chi connectivity index (χ1v) is 7.75. The third-order valence-electron chi connectivity index (χ3n) is 4.05. The molecule has 1 saturated heterocycles. The monoisotopic (exact) mass is 321 g/mol. The number of fused-ring (bicyclic) bond motifs is 1. The van der Waals surface area contributed by atoms with Crippen molar-refractivity contribution in [2.24, 2.45) is 0 Å². The van der Waals surface area contributed by atoms with E-state index in [4.69, 9.17) is 14.2 Å². The average molecular weight is 321 g/mol. The Morgan fingerprint density at radius 3 is 3.04 bits per heavy atom. The zero-order valence-corrected chi connectivity index (χ0v) is 13.1. The number of halogens is 1. The molecule has 1 fully saturated rings. The highest BCUT2D eigenvalue weighted by Crippen LogP contribution is 2.22. The number of hydrogen-bond donors (Lipinski definition) is 0. The predicted molar refractivity (Wildman–Crippen MR) is 84.5 cm³/mol. The molecule has 0 aliphatic carbocycles. The fourth-order valence-corrected chi connectivity index (χ4v) is 2.77. The predicted octanol–water partition coefficient (Wildman–Crippen LogP) is 2.34. The lowest BCUT2D eigenvalue weighted by Gasteiger charge is -2.12. The maximum atomic E-state index is 13.8. The van der Waals surface area contributed by atoms with Crippen LogP contribution in [0.15, 0.2) is 29.2 Å². The first-order valence-electron chi connectivity index (χ1n) is 7.75. The minimum absolute atomic E-state index is 0.134. The van der Waals surface area contributed by atoms with Gasteiger partial charge in [0, 0.05) is 19.3 Å². The molecule has 1 unspecified atom stereocenters. The van der Waals surface area contributed by atoms with Gasteiger partial charge in [-0.15, -0.1) is 0 Å². The summed E-state index contributed by atoms with van der Waals surface area (Å²) < 4.78 is 31.3. The molecule has 2 heterocycles. The third kappa shape index (κ3) is 3.54. The number of ether oxygens (including phenoxy) is 3. The molecule has 1 aliphatic heterocycles. The minimum Gasteiger partial charge on any atom is -0.494 e. The van der Waals surface area contributed by atoms with E-state index < -0.39 is 5.82 Å². The van der Waals surface area contributed by atoms with Crippen molar-refractivity contribution in [3.8, 4) is 5.75 Å². The second-order valence-electron chi connectivity index (χ2n) is 5.60. The first kappa shape index (κ1) is 16.0. The van der Waals surface area contributed by atoms with Crippen molar-refractivity contribution < 1.29 is 18.6 Å². The maximum absolute atomic E-state index is 13.8. The fraction of sp³-hybridized carbons (Fsp3) is 0.471. The number of benzene rings is 1. The van der Waals surface area contributed by atoms with Gasteiger partial charge in [-0.25, -0.2) is 4.39 Å². The highest BCUT2D eigenvalue weighted by molar-refractivity contribution is 5.83. The average Bonchev–Trinajstić information content (AvgIpc) is 3.07. The summed E-state index contributed by atoms with van der Waals surface area (Å²) in [5, 5.41) is 0.995. The third-order valence-corrected chi connectivity index (χ3v) is 4.05. The summed E-state index contributed by atoms with van der Waals surface area (Å²) in [4.78, 5) is 12.4. The molecular formula is C17H20FNO4. The van der Waals surface area contributed by atoms with E-state index in [9.17, 15) is 9.18 Å². The Labute approximate surface area is 133 Å². The smallest absolute Gasteiger partial charge is 0.258 e. The van der Waals surface area contributed by atoms with Gasteiger partial charge < -0.3 is 18.8 Å². The van der Waals surface area contributed by atoms with Gasteiger partial charge >= 0.3 is 0 Å². The van der Waals surface area contributed by atoms with E-state index in [-0.39, 0.29) is 17.4 Å². The van der Waals surface area contributed by atoms with E-state index >= 15 is 0 Å². The Kier molecular flexibility index (Phi) is 4.93. The molecule has 0 bridgehead atoms. The van der Waals surface area contributed by atoms with Gasteiger partial charge in [-0.1, -0.05) is 0 Å². The Hall–Kier alpha value is -1.92.